The van der Waals surface area contributed by atoms with Crippen molar-refractivity contribution >= 4 is 11.1 Å². The van der Waals surface area contributed by atoms with Crippen LogP contribution in [0.5, 0.6) is 0 Å². The van der Waals surface area contributed by atoms with E-state index in [0.717, 1.165) is 6.42 Å². The fraction of sp³-hybridized carbons (Fsp3) is 0.467. The Morgan fingerprint density at radius 3 is 1.14 bits per heavy atom. The van der Waals surface area contributed by atoms with Crippen molar-refractivity contribution in [3.8, 4) is 22.3 Å². The van der Waals surface area contributed by atoms with Gasteiger partial charge in [-0.2, -0.15) is 0 Å². The molecular weight excluding hydrogens is 1300 g/mol. The van der Waals surface area contributed by atoms with Crippen molar-refractivity contribution < 1.29 is 39.1 Å². The maximum atomic E-state index is 2.61. The zero-order valence-corrected chi connectivity index (χ0v) is 74.4. The van der Waals surface area contributed by atoms with E-state index in [9.17, 15) is 0 Å². The van der Waals surface area contributed by atoms with Crippen molar-refractivity contribution in [3.05, 3.63) is 303 Å². The Bertz CT molecular complexity index is 4410. The minimum Gasteiger partial charge on any atom is -1.00 e. The van der Waals surface area contributed by atoms with Gasteiger partial charge in [0.25, 0.3) is 0 Å². The summed E-state index contributed by atoms with van der Waals surface area (Å²) in [4.78, 5) is 0. The van der Waals surface area contributed by atoms with Crippen LogP contribution in [-0.4, -0.2) is 0 Å². The van der Waals surface area contributed by atoms with Crippen molar-refractivity contribution in [1.82, 2.24) is 0 Å². The van der Waals surface area contributed by atoms with E-state index < -0.39 is 0 Å². The fourth-order valence-electron chi connectivity index (χ4n) is 18.5. The van der Waals surface area contributed by atoms with E-state index in [1.807, 2.05) is 0 Å². The number of hydrogen-bond donors (Lipinski definition) is 0. The summed E-state index contributed by atoms with van der Waals surface area (Å²) in [6.45, 7) is 67.7. The first kappa shape index (κ1) is 88.5. The van der Waals surface area contributed by atoms with Crippen molar-refractivity contribution in [3.63, 3.8) is 0 Å². The van der Waals surface area contributed by atoms with E-state index in [1.165, 1.54) is 119 Å². The average molecular weight is 1440 g/mol. The maximum absolute atomic E-state index is 2.61. The molecule has 0 spiro atoms. The van der Waals surface area contributed by atoms with Gasteiger partial charge in [-0.3, -0.25) is 0 Å². The molecule has 2 fully saturated rings. The first-order valence-electron chi connectivity index (χ1n) is 40.8. The molecule has 109 heavy (non-hydrogen) atoms. The van der Waals surface area contributed by atoms with Crippen LogP contribution < -0.4 is 37.7 Å². The molecule has 0 heterocycles. The van der Waals surface area contributed by atoms with Crippen molar-refractivity contribution in [2.24, 2.45) is 85.2 Å². The van der Waals surface area contributed by atoms with Crippen LogP contribution in [0, 0.1) is 92.7 Å². The van der Waals surface area contributed by atoms with Gasteiger partial charge in [0.1, 0.15) is 0 Å². The van der Waals surface area contributed by atoms with Gasteiger partial charge in [-0.05, 0) is 243 Å². The smallest absolute Gasteiger partial charge is 1.00 e. The third-order valence-corrected chi connectivity index (χ3v) is 25.2. The molecular formula is C107H140Li2. The summed E-state index contributed by atoms with van der Waals surface area (Å²) in [5.74, 6) is 5.39. The number of benzene rings is 5. The molecule has 9 atom stereocenters. The molecule has 5 aromatic carbocycles. The van der Waals surface area contributed by atoms with Gasteiger partial charge in [-0.15, -0.1) is 0 Å². The number of fused-ring (bicyclic) bond motifs is 9. The van der Waals surface area contributed by atoms with Gasteiger partial charge in [0.15, 0.2) is 0 Å². The predicted octanol–water partition coefficient (Wildman–Crippen LogP) is 25.1. The largest absolute Gasteiger partial charge is 1.00 e. The van der Waals surface area contributed by atoms with Crippen LogP contribution in [0.15, 0.2) is 262 Å². The van der Waals surface area contributed by atoms with Crippen LogP contribution in [0.4, 0.5) is 0 Å². The fourth-order valence-corrected chi connectivity index (χ4v) is 18.5. The molecule has 9 aliphatic carbocycles. The molecule has 570 valence electrons. The molecule has 0 N–H and O–H groups in total. The molecule has 0 aromatic heterocycles. The van der Waals surface area contributed by atoms with Crippen LogP contribution >= 0.6 is 0 Å². The molecule has 14 rings (SSSR count). The van der Waals surface area contributed by atoms with Gasteiger partial charge >= 0.3 is 37.7 Å². The number of hydrogen-bond acceptors (Lipinski definition) is 0. The second kappa shape index (κ2) is 32.8. The molecule has 0 amide bonds. The molecule has 0 aliphatic heterocycles. The summed E-state index contributed by atoms with van der Waals surface area (Å²) in [5.41, 5.74) is 33.5. The topological polar surface area (TPSA) is 0 Å². The summed E-state index contributed by atoms with van der Waals surface area (Å²) >= 11 is 0. The van der Waals surface area contributed by atoms with E-state index >= 15 is 0 Å². The number of allylic oxidation sites excluding steroid dienone is 26. The normalized spacial score (nSPS) is 23.3. The number of rotatable bonds is 5. The second-order valence-corrected chi connectivity index (χ2v) is 42.2. The minimum absolute atomic E-state index is 0. The minimum atomic E-state index is -0.0575. The van der Waals surface area contributed by atoms with E-state index in [2.05, 4.69) is 407 Å². The molecule has 0 saturated heterocycles. The summed E-state index contributed by atoms with van der Waals surface area (Å²) in [6.07, 6.45) is 38.2. The Balaban J connectivity index is 0.000000214. The Kier molecular flexibility index (Phi) is 26.6. The summed E-state index contributed by atoms with van der Waals surface area (Å²) in [6, 6.07) is 45.6. The zero-order chi connectivity index (χ0) is 77.6. The molecule has 2 saturated carbocycles. The van der Waals surface area contributed by atoms with Gasteiger partial charge in [0.05, 0.1) is 0 Å². The molecule has 5 aromatic rings. The van der Waals surface area contributed by atoms with Crippen LogP contribution in [0.1, 0.15) is 261 Å². The summed E-state index contributed by atoms with van der Waals surface area (Å²) in [5, 5.41) is 0. The predicted molar refractivity (Wildman–Crippen MR) is 472 cm³/mol. The Morgan fingerprint density at radius 1 is 0.367 bits per heavy atom. The van der Waals surface area contributed by atoms with Crippen molar-refractivity contribution in [2.75, 3.05) is 0 Å². The van der Waals surface area contributed by atoms with Crippen LogP contribution in [0.3, 0.4) is 0 Å². The maximum Gasteiger partial charge on any atom is 1.00 e. The van der Waals surface area contributed by atoms with Gasteiger partial charge in [-0.1, -0.05) is 397 Å². The van der Waals surface area contributed by atoms with E-state index in [1.54, 1.807) is 16.7 Å². The SMILES string of the molecule is CC(C)(C)C1=CC2CC3C=C(C(C)(C)C)C=C(c4ccccc4)C3C2C=C1.CC(C)(C)C1=CC2CC3C=C(C(C)(C)C)C=C(c4ccccc4)C3C2C=C1.CC(C)=C1C=CC(C(C)(C)C)=C1.CC1=C(C(C)(C)C2c3cc(C(C)(C)C)ccc3-c3c(-c4ccccc4)cc(C(C)(C)C)cc32)C=C(C(C)(C)C)C1.[CH3-].[H-].[Li+].[Li+]. The van der Waals surface area contributed by atoms with Crippen LogP contribution in [0.25, 0.3) is 33.4 Å². The Morgan fingerprint density at radius 2 is 0.771 bits per heavy atom. The van der Waals surface area contributed by atoms with Crippen molar-refractivity contribution in [1.29, 1.82) is 0 Å². The third kappa shape index (κ3) is 19.2. The van der Waals surface area contributed by atoms with E-state index in [0.29, 0.717) is 47.3 Å². The second-order valence-electron chi connectivity index (χ2n) is 42.2. The molecule has 0 nitrogen and oxygen atoms in total. The monoisotopic (exact) mass is 1440 g/mol. The molecule has 9 unspecified atom stereocenters. The zero-order valence-electron chi connectivity index (χ0n) is 75.4. The van der Waals surface area contributed by atoms with Gasteiger partial charge < -0.3 is 8.85 Å². The van der Waals surface area contributed by atoms with Crippen molar-refractivity contribution in [2.45, 2.75) is 237 Å². The quantitative estimate of drug-likeness (QED) is 0.122. The standard InChI is InChI=1S/C40H50.2C27H34.C12H18.CH3.2Li.H/c1-25-20-28(38(5,6)7)24-34(25)40(11,12)36-32-21-27(37(2,3)4)18-19-30(32)35-31(26-16-14-13-15-17-26)22-29(23-33(35)36)39(8,9)10;2*1-26(2,3)21-12-13-23-19(15-21)14-20-16-22(27(4,5)6)17-24(25(20)23)18-10-8-7-9-11-18;1-9(2)10-6-7-11(8-10)12(3,4)5;;;;/h13-19,21-24,36H,20H2,1-12H3;2*7-13,15-17,19-20,23,25H,14H2,1-6H3;6-8H,1-5H3;1H3;;;/q;;;;-1;2*+1;-1. The first-order valence-corrected chi connectivity index (χ1v) is 40.8. The van der Waals surface area contributed by atoms with Crippen LogP contribution in [0.2, 0.25) is 0 Å². The van der Waals surface area contributed by atoms with Gasteiger partial charge in [-0.25, -0.2) is 0 Å². The Hall–Kier alpha value is -6.09. The molecule has 9 aliphatic rings. The van der Waals surface area contributed by atoms with E-state index in [-0.39, 0.29) is 101 Å². The summed E-state index contributed by atoms with van der Waals surface area (Å²) in [7, 11) is 0. The first-order chi connectivity index (χ1) is 49.1. The Labute approximate surface area is 692 Å². The molecule has 0 radical (unpaired) electrons. The van der Waals surface area contributed by atoms with Crippen LogP contribution in [-0.2, 0) is 10.8 Å². The average Bonchev–Trinajstić information content (AvgIpc) is 1.57. The van der Waals surface area contributed by atoms with Gasteiger partial charge in [0, 0.05) is 11.3 Å². The molecule has 2 heteroatoms. The molecule has 0 bridgehead atoms. The van der Waals surface area contributed by atoms with E-state index in [4.69, 9.17) is 0 Å². The summed E-state index contributed by atoms with van der Waals surface area (Å²) < 4.78 is 0. The van der Waals surface area contributed by atoms with Gasteiger partial charge in [0.2, 0.25) is 0 Å². The third-order valence-electron chi connectivity index (χ3n) is 25.2.